The van der Waals surface area contributed by atoms with E-state index in [4.69, 9.17) is 9.97 Å². The highest BCUT2D eigenvalue weighted by Crippen LogP contribution is 2.24. The first kappa shape index (κ1) is 64.4. The fraction of sp³-hybridized carbons (Fsp3) is 0.394. The van der Waals surface area contributed by atoms with Gasteiger partial charge in [-0.2, -0.15) is 17.2 Å². The second kappa shape index (κ2) is 29.3. The van der Waals surface area contributed by atoms with Crippen LogP contribution in [0.5, 0.6) is 0 Å². The Hall–Kier alpha value is -6.04. The molecule has 16 nitrogen and oxygen atoms in total. The number of pyridine rings is 2. The van der Waals surface area contributed by atoms with Gasteiger partial charge in [-0.15, -0.1) is 0 Å². The zero-order valence-corrected chi connectivity index (χ0v) is 53.3. The summed E-state index contributed by atoms with van der Waals surface area (Å²) < 4.78 is 121. The van der Waals surface area contributed by atoms with Crippen molar-refractivity contribution in [3.8, 4) is 0 Å². The van der Waals surface area contributed by atoms with Crippen molar-refractivity contribution in [2.24, 2.45) is 0 Å². The smallest absolute Gasteiger partial charge is 0.243 e. The zero-order valence-electron chi connectivity index (χ0n) is 50.0. The van der Waals surface area contributed by atoms with Gasteiger partial charge in [0.2, 0.25) is 40.1 Å². The summed E-state index contributed by atoms with van der Waals surface area (Å²) in [5.74, 6) is 0. The molecule has 2 aromatic heterocycles. The number of hydrogen-bond acceptors (Lipinski definition) is 12. The van der Waals surface area contributed by atoms with Gasteiger partial charge in [0.25, 0.3) is 0 Å². The number of benzene rings is 5. The summed E-state index contributed by atoms with van der Waals surface area (Å²) in [7, 11) is -15.4. The number of aryl methyl sites for hydroxylation is 4. The molecule has 0 N–H and O–H groups in total. The fourth-order valence-electron chi connectivity index (χ4n) is 11.1. The van der Waals surface area contributed by atoms with Crippen LogP contribution in [0.3, 0.4) is 0 Å². The Morgan fingerprint density at radius 2 is 0.512 bits per heavy atom. The van der Waals surface area contributed by atoms with Crippen molar-refractivity contribution in [2.75, 3.05) is 78.5 Å². The standard InChI is InChI=1S/C66H82N8O8S4/c1-53-15-27-63(28-16-53)83(75,76)71-43-7-39-69(40-8-44-72(84(77,78)64-29-17-54(2)18-30-64)48-36-60-12-5-11-59(67-60)35-47-71)51-57-23-25-58(26-24-57)52-70-41-9-45-73(85(79,80)65-31-19-55(3)20-32-65)49-37-61-13-6-14-62(68-61)38-50-74(46-10-42-70)86(81,82)66-33-21-56(4)22-34-66/h5-6,11-34H,7-10,35-52H2,1-4H3. The number of aromatic nitrogens is 2. The summed E-state index contributed by atoms with van der Waals surface area (Å²) in [6.45, 7) is 12.9. The van der Waals surface area contributed by atoms with E-state index in [1.165, 1.54) is 0 Å². The quantitative estimate of drug-likeness (QED) is 0.113. The summed E-state index contributed by atoms with van der Waals surface area (Å²) in [6.07, 6.45) is 3.62. The Bertz CT molecular complexity index is 3350. The first-order valence-corrected chi connectivity index (χ1v) is 35.7. The van der Waals surface area contributed by atoms with Crippen molar-refractivity contribution in [1.82, 2.24) is 37.0 Å². The minimum atomic E-state index is -3.86. The van der Waals surface area contributed by atoms with Crippen LogP contribution in [0.25, 0.3) is 0 Å². The molecule has 0 spiro atoms. The molecule has 20 heteroatoms. The number of hydrogen-bond donors (Lipinski definition) is 0. The van der Waals surface area contributed by atoms with Crippen LogP contribution >= 0.6 is 0 Å². The lowest BCUT2D eigenvalue weighted by Crippen LogP contribution is -2.38. The molecule has 0 unspecified atom stereocenters. The molecule has 2 aliphatic heterocycles. The normalized spacial score (nSPS) is 17.7. The van der Waals surface area contributed by atoms with Crippen molar-refractivity contribution < 1.29 is 33.7 Å². The van der Waals surface area contributed by atoms with E-state index in [2.05, 4.69) is 34.1 Å². The molecule has 0 aliphatic carbocycles. The van der Waals surface area contributed by atoms with E-state index in [1.54, 1.807) is 65.8 Å². The van der Waals surface area contributed by atoms with Crippen LogP contribution in [0.1, 0.15) is 81.8 Å². The Morgan fingerprint density at radius 1 is 0.291 bits per heavy atom. The Kier molecular flexibility index (Phi) is 22.0. The molecule has 86 heavy (non-hydrogen) atoms. The van der Waals surface area contributed by atoms with Gasteiger partial charge in [0.05, 0.1) is 19.6 Å². The molecule has 0 atom stereocenters. The third kappa shape index (κ3) is 17.2. The van der Waals surface area contributed by atoms with E-state index < -0.39 is 40.1 Å². The van der Waals surface area contributed by atoms with E-state index in [0.717, 1.165) is 56.2 Å². The monoisotopic (exact) mass is 1240 g/mol. The molecule has 0 fully saturated rings. The second-order valence-corrected chi connectivity index (χ2v) is 30.6. The van der Waals surface area contributed by atoms with Crippen LogP contribution in [-0.4, -0.2) is 149 Å². The van der Waals surface area contributed by atoms with E-state index in [1.807, 2.05) is 113 Å². The van der Waals surface area contributed by atoms with Crippen molar-refractivity contribution in [2.45, 2.75) is 112 Å². The van der Waals surface area contributed by atoms with Gasteiger partial charge in [-0.3, -0.25) is 19.8 Å². The molecule has 9 rings (SSSR count). The minimum Gasteiger partial charge on any atom is -0.299 e. The predicted octanol–water partition coefficient (Wildman–Crippen LogP) is 9.24. The van der Waals surface area contributed by atoms with Gasteiger partial charge in [0.15, 0.2) is 0 Å². The van der Waals surface area contributed by atoms with Crippen LogP contribution in [0, 0.1) is 27.7 Å². The van der Waals surface area contributed by atoms with Crippen molar-refractivity contribution in [1.29, 1.82) is 0 Å². The lowest BCUT2D eigenvalue weighted by molar-refractivity contribution is 0.238. The van der Waals surface area contributed by atoms with Gasteiger partial charge < -0.3 is 0 Å². The number of fused-ring (bicyclic) bond motifs is 4. The maximum Gasteiger partial charge on any atom is 0.243 e. The summed E-state index contributed by atoms with van der Waals surface area (Å²) in [5.41, 5.74) is 8.86. The van der Waals surface area contributed by atoms with E-state index in [-0.39, 0.29) is 71.9 Å². The van der Waals surface area contributed by atoms with Crippen LogP contribution in [0.15, 0.2) is 177 Å². The number of rotatable bonds is 12. The molecule has 4 heterocycles. The first-order chi connectivity index (χ1) is 41.2. The van der Waals surface area contributed by atoms with Crippen LogP contribution in [-0.2, 0) is 78.9 Å². The van der Waals surface area contributed by atoms with Gasteiger partial charge in [0, 0.05) is 114 Å². The Morgan fingerprint density at radius 3 is 0.733 bits per heavy atom. The maximum absolute atomic E-state index is 14.4. The highest BCUT2D eigenvalue weighted by molar-refractivity contribution is 7.90. The van der Waals surface area contributed by atoms with Gasteiger partial charge in [-0.1, -0.05) is 107 Å². The van der Waals surface area contributed by atoms with Gasteiger partial charge >= 0.3 is 0 Å². The minimum absolute atomic E-state index is 0.223. The van der Waals surface area contributed by atoms with Crippen LogP contribution in [0.4, 0.5) is 0 Å². The lowest BCUT2D eigenvalue weighted by atomic mass is 10.1. The summed E-state index contributed by atoms with van der Waals surface area (Å²) in [5, 5.41) is 0. The number of nitrogens with zero attached hydrogens (tertiary/aromatic N) is 8. The van der Waals surface area contributed by atoms with Crippen molar-refractivity contribution in [3.05, 3.63) is 214 Å². The zero-order chi connectivity index (χ0) is 60.9. The van der Waals surface area contributed by atoms with Gasteiger partial charge in [-0.05, 0) is 163 Å². The van der Waals surface area contributed by atoms with Crippen molar-refractivity contribution >= 4 is 40.1 Å². The fourth-order valence-corrected chi connectivity index (χ4v) is 17.0. The van der Waals surface area contributed by atoms with E-state index >= 15 is 0 Å². The molecular formula is C66H82N8O8S4. The average Bonchev–Trinajstić information content (AvgIpc) is 3.61. The molecule has 7 aromatic rings. The molecule has 0 saturated carbocycles. The molecule has 458 valence electrons. The van der Waals surface area contributed by atoms with Gasteiger partial charge in [-0.25, -0.2) is 33.7 Å². The lowest BCUT2D eigenvalue weighted by Gasteiger charge is -2.28. The number of sulfonamides is 4. The second-order valence-electron chi connectivity index (χ2n) is 22.9. The third-order valence-corrected chi connectivity index (χ3v) is 23.8. The van der Waals surface area contributed by atoms with Crippen LogP contribution < -0.4 is 0 Å². The summed E-state index contributed by atoms with van der Waals surface area (Å²) >= 11 is 0. The largest absolute Gasteiger partial charge is 0.299 e. The molecule has 0 saturated heterocycles. The predicted molar refractivity (Wildman–Crippen MR) is 339 cm³/mol. The third-order valence-electron chi connectivity index (χ3n) is 16.2. The Labute approximate surface area is 511 Å². The maximum atomic E-state index is 14.4. The summed E-state index contributed by atoms with van der Waals surface area (Å²) in [4.78, 5) is 15.3. The molecular weight excluding hydrogens is 1160 g/mol. The molecule has 0 amide bonds. The van der Waals surface area contributed by atoms with Gasteiger partial charge in [0.1, 0.15) is 0 Å². The highest BCUT2D eigenvalue weighted by Gasteiger charge is 2.30. The summed E-state index contributed by atoms with van der Waals surface area (Å²) in [6, 6.07) is 47.6. The van der Waals surface area contributed by atoms with E-state index in [0.29, 0.717) is 90.6 Å². The SMILES string of the molecule is Cc1ccc(S(=O)(=O)N2CCCN(Cc3ccc(CN4CCCN(S(=O)(=O)c5ccc(C)cc5)CCc5cccc(n5)CCN(S(=O)(=O)c5ccc(C)cc5)CCC4)cc3)CCCN(S(=O)(=O)c3ccc(C)cc3)CCc3cccc(n3)CC2)cc1. The van der Waals surface area contributed by atoms with Crippen molar-refractivity contribution in [3.63, 3.8) is 0 Å². The molecule has 5 aromatic carbocycles. The van der Waals surface area contributed by atoms with Crippen LogP contribution in [0.2, 0.25) is 0 Å². The highest BCUT2D eigenvalue weighted by atomic mass is 32.2. The molecule has 2 aliphatic rings. The van der Waals surface area contributed by atoms with E-state index in [9.17, 15) is 33.7 Å². The Balaban J connectivity index is 0.957. The molecule has 4 bridgehead atoms. The molecule has 0 radical (unpaired) electrons. The topological polar surface area (TPSA) is 182 Å². The first-order valence-electron chi connectivity index (χ1n) is 29.9. The average molecular weight is 1240 g/mol.